The van der Waals surface area contributed by atoms with E-state index >= 15 is 0 Å². The van der Waals surface area contributed by atoms with E-state index in [9.17, 15) is 4.79 Å². The Kier molecular flexibility index (Phi) is 3.67. The largest absolute Gasteiger partial charge is 0.475 e. The molecule has 1 heterocycles. The SMILES string of the molecule is CCCN(C)Cc1ccc2oc(C(=O)O)cc2c1. The summed E-state index contributed by atoms with van der Waals surface area (Å²) in [5.41, 5.74) is 1.78. The van der Waals surface area contributed by atoms with Crippen LogP contribution in [0.25, 0.3) is 11.0 Å². The summed E-state index contributed by atoms with van der Waals surface area (Å²) in [4.78, 5) is 13.1. The molecule has 1 aromatic carbocycles. The van der Waals surface area contributed by atoms with Crippen molar-refractivity contribution < 1.29 is 14.3 Å². The summed E-state index contributed by atoms with van der Waals surface area (Å²) in [7, 11) is 2.08. The molecule has 0 fully saturated rings. The van der Waals surface area contributed by atoms with E-state index in [-0.39, 0.29) is 5.76 Å². The first-order valence-corrected chi connectivity index (χ1v) is 6.04. The topological polar surface area (TPSA) is 53.7 Å². The van der Waals surface area contributed by atoms with Crippen LogP contribution in [0.2, 0.25) is 0 Å². The van der Waals surface area contributed by atoms with Crippen molar-refractivity contribution in [2.24, 2.45) is 0 Å². The third kappa shape index (κ3) is 2.71. The van der Waals surface area contributed by atoms with Crippen LogP contribution in [0.15, 0.2) is 28.7 Å². The van der Waals surface area contributed by atoms with Crippen LogP contribution < -0.4 is 0 Å². The van der Waals surface area contributed by atoms with Gasteiger partial charge in [0.1, 0.15) is 5.58 Å². The summed E-state index contributed by atoms with van der Waals surface area (Å²) in [6.07, 6.45) is 1.12. The highest BCUT2D eigenvalue weighted by Gasteiger charge is 2.10. The third-order valence-corrected chi connectivity index (χ3v) is 2.85. The second-order valence-electron chi connectivity index (χ2n) is 4.53. The molecule has 0 amide bonds. The van der Waals surface area contributed by atoms with Crippen LogP contribution in [0, 0.1) is 0 Å². The van der Waals surface area contributed by atoms with Gasteiger partial charge in [-0.25, -0.2) is 4.79 Å². The van der Waals surface area contributed by atoms with Crippen molar-refractivity contribution in [3.8, 4) is 0 Å². The van der Waals surface area contributed by atoms with Crippen LogP contribution in [-0.2, 0) is 6.54 Å². The van der Waals surface area contributed by atoms with Gasteiger partial charge in [0.05, 0.1) is 0 Å². The summed E-state index contributed by atoms with van der Waals surface area (Å²) < 4.78 is 5.22. The molecule has 18 heavy (non-hydrogen) atoms. The molecule has 0 spiro atoms. The maximum absolute atomic E-state index is 10.8. The van der Waals surface area contributed by atoms with Gasteiger partial charge in [-0.05, 0) is 43.8 Å². The summed E-state index contributed by atoms with van der Waals surface area (Å²) in [5, 5.41) is 9.71. The first-order chi connectivity index (χ1) is 8.60. The predicted molar refractivity (Wildman–Crippen MR) is 69.8 cm³/mol. The van der Waals surface area contributed by atoms with Gasteiger partial charge in [0.15, 0.2) is 0 Å². The van der Waals surface area contributed by atoms with Crippen molar-refractivity contribution in [3.05, 3.63) is 35.6 Å². The van der Waals surface area contributed by atoms with Crippen LogP contribution in [0.5, 0.6) is 0 Å². The quantitative estimate of drug-likeness (QED) is 0.882. The Morgan fingerprint density at radius 2 is 2.17 bits per heavy atom. The third-order valence-electron chi connectivity index (χ3n) is 2.85. The van der Waals surface area contributed by atoms with Gasteiger partial charge in [-0.2, -0.15) is 0 Å². The van der Waals surface area contributed by atoms with Gasteiger partial charge >= 0.3 is 5.97 Å². The highest BCUT2D eigenvalue weighted by molar-refractivity contribution is 5.91. The number of furan rings is 1. The molecule has 2 rings (SSSR count). The molecule has 0 unspecified atom stereocenters. The molecule has 4 nitrogen and oxygen atoms in total. The van der Waals surface area contributed by atoms with Crippen molar-refractivity contribution in [1.82, 2.24) is 4.90 Å². The normalized spacial score (nSPS) is 11.3. The Labute approximate surface area is 106 Å². The fraction of sp³-hybridized carbons (Fsp3) is 0.357. The van der Waals surface area contributed by atoms with Crippen LogP contribution in [0.4, 0.5) is 0 Å². The van der Waals surface area contributed by atoms with Crippen LogP contribution >= 0.6 is 0 Å². The number of hydrogen-bond donors (Lipinski definition) is 1. The Balaban J connectivity index is 2.24. The van der Waals surface area contributed by atoms with Gasteiger partial charge in [-0.15, -0.1) is 0 Å². The van der Waals surface area contributed by atoms with E-state index in [2.05, 4.69) is 18.9 Å². The summed E-state index contributed by atoms with van der Waals surface area (Å²) >= 11 is 0. The van der Waals surface area contributed by atoms with Crippen molar-refractivity contribution in [3.63, 3.8) is 0 Å². The monoisotopic (exact) mass is 247 g/mol. The van der Waals surface area contributed by atoms with Crippen LogP contribution in [0.1, 0.15) is 29.5 Å². The number of benzene rings is 1. The standard InChI is InChI=1S/C14H17NO3/c1-3-6-15(2)9-10-4-5-12-11(7-10)8-13(18-12)14(16)17/h4-5,7-8H,3,6,9H2,1-2H3,(H,16,17). The molecule has 0 saturated carbocycles. The van der Waals surface area contributed by atoms with Gasteiger partial charge in [0.25, 0.3) is 0 Å². The molecule has 0 atom stereocenters. The molecule has 0 aliphatic rings. The fourth-order valence-corrected chi connectivity index (χ4v) is 2.07. The molecule has 1 aromatic heterocycles. The van der Waals surface area contributed by atoms with E-state index in [1.165, 1.54) is 0 Å². The molecule has 1 N–H and O–H groups in total. The Morgan fingerprint density at radius 3 is 2.83 bits per heavy atom. The van der Waals surface area contributed by atoms with Gasteiger partial charge in [-0.1, -0.05) is 13.0 Å². The number of nitrogens with zero attached hydrogens (tertiary/aromatic N) is 1. The second kappa shape index (κ2) is 5.23. The van der Waals surface area contributed by atoms with Crippen LogP contribution in [0.3, 0.4) is 0 Å². The zero-order valence-electron chi connectivity index (χ0n) is 10.6. The number of aromatic carboxylic acids is 1. The van der Waals surface area contributed by atoms with Crippen molar-refractivity contribution in [1.29, 1.82) is 0 Å². The first-order valence-electron chi connectivity index (χ1n) is 6.04. The molecule has 0 radical (unpaired) electrons. The lowest BCUT2D eigenvalue weighted by Crippen LogP contribution is -2.18. The van der Waals surface area contributed by atoms with Gasteiger partial charge in [-0.3, -0.25) is 0 Å². The molecule has 0 aliphatic carbocycles. The average molecular weight is 247 g/mol. The number of carboxylic acids is 1. The second-order valence-corrected chi connectivity index (χ2v) is 4.53. The van der Waals surface area contributed by atoms with Crippen LogP contribution in [-0.4, -0.2) is 29.6 Å². The minimum Gasteiger partial charge on any atom is -0.475 e. The van der Waals surface area contributed by atoms with E-state index in [0.717, 1.165) is 30.5 Å². The van der Waals surface area contributed by atoms with E-state index in [1.807, 2.05) is 18.2 Å². The van der Waals surface area contributed by atoms with Crippen molar-refractivity contribution in [2.45, 2.75) is 19.9 Å². The lowest BCUT2D eigenvalue weighted by atomic mass is 10.1. The number of hydrogen-bond acceptors (Lipinski definition) is 3. The molecule has 96 valence electrons. The van der Waals surface area contributed by atoms with E-state index in [0.29, 0.717) is 5.58 Å². The van der Waals surface area contributed by atoms with E-state index in [4.69, 9.17) is 9.52 Å². The smallest absolute Gasteiger partial charge is 0.371 e. The summed E-state index contributed by atoms with van der Waals surface area (Å²) in [6, 6.07) is 7.36. The highest BCUT2D eigenvalue weighted by Crippen LogP contribution is 2.21. The minimum atomic E-state index is -1.03. The zero-order chi connectivity index (χ0) is 13.1. The predicted octanol–water partition coefficient (Wildman–Crippen LogP) is 2.97. The zero-order valence-corrected chi connectivity index (χ0v) is 10.6. The lowest BCUT2D eigenvalue weighted by molar-refractivity contribution is 0.0665. The maximum Gasteiger partial charge on any atom is 0.371 e. The molecule has 0 aliphatic heterocycles. The molecular formula is C14H17NO3. The summed E-state index contributed by atoms with van der Waals surface area (Å²) in [5.74, 6) is -1.04. The lowest BCUT2D eigenvalue weighted by Gasteiger charge is -2.15. The number of fused-ring (bicyclic) bond motifs is 1. The summed E-state index contributed by atoms with van der Waals surface area (Å²) in [6.45, 7) is 4.05. The average Bonchev–Trinajstić information content (AvgIpc) is 2.72. The number of rotatable bonds is 5. The fourth-order valence-electron chi connectivity index (χ4n) is 2.07. The minimum absolute atomic E-state index is 0.0101. The Hall–Kier alpha value is -1.81. The van der Waals surface area contributed by atoms with E-state index < -0.39 is 5.97 Å². The molecule has 4 heteroatoms. The van der Waals surface area contributed by atoms with Gasteiger partial charge < -0.3 is 14.4 Å². The van der Waals surface area contributed by atoms with Crippen molar-refractivity contribution in [2.75, 3.05) is 13.6 Å². The Bertz CT molecular complexity index is 559. The van der Waals surface area contributed by atoms with Gasteiger partial charge in [0.2, 0.25) is 5.76 Å². The number of carboxylic acid groups (broad SMARTS) is 1. The molecular weight excluding hydrogens is 230 g/mol. The molecule has 0 bridgehead atoms. The van der Waals surface area contributed by atoms with E-state index in [1.54, 1.807) is 6.07 Å². The maximum atomic E-state index is 10.8. The number of carbonyl (C=O) groups is 1. The van der Waals surface area contributed by atoms with Gasteiger partial charge in [0, 0.05) is 11.9 Å². The Morgan fingerprint density at radius 1 is 1.39 bits per heavy atom. The first kappa shape index (κ1) is 12.6. The molecule has 2 aromatic rings. The van der Waals surface area contributed by atoms with Crippen molar-refractivity contribution >= 4 is 16.9 Å². The molecule has 0 saturated heterocycles. The highest BCUT2D eigenvalue weighted by atomic mass is 16.4.